The first-order valence-corrected chi connectivity index (χ1v) is 34.7. The molecule has 0 aliphatic carbocycles. The van der Waals surface area contributed by atoms with Crippen LogP contribution in [0.15, 0.2) is 328 Å². The molecule has 0 fully saturated rings. The monoisotopic (exact) mass is 1280 g/mol. The fourth-order valence-electron chi connectivity index (χ4n) is 14.9. The SMILES string of the molecule is c1ccc(-c2nc(-n3c4ccccc4c4c5cc(-c6ccc(-c7ccc8sc9ccccc9c8c7)cc6)ccc5ccc43)nc3ccccc23)cc1.c1ccc2nc(-n3c4ccccc4c4c5cc(-c6ccc(-c7ccc8sc9ccccc9c8c7)cc6)ccc5ccc43)ncc2c1. The van der Waals surface area contributed by atoms with Crippen molar-refractivity contribution in [1.82, 2.24) is 29.1 Å². The lowest BCUT2D eigenvalue weighted by molar-refractivity contribution is 1.01. The van der Waals surface area contributed by atoms with Crippen LogP contribution in [0.1, 0.15) is 0 Å². The number of hydrogen-bond acceptors (Lipinski definition) is 6. The van der Waals surface area contributed by atoms with Gasteiger partial charge in [0.2, 0.25) is 11.9 Å². The van der Waals surface area contributed by atoms with Crippen LogP contribution >= 0.6 is 22.7 Å². The number of hydrogen-bond donors (Lipinski definition) is 0. The normalized spacial score (nSPS) is 11.9. The molecule has 21 aromatic rings. The largest absolute Gasteiger partial charge is 0.278 e. The third-order valence-electron chi connectivity index (χ3n) is 19.7. The second-order valence-electron chi connectivity index (χ2n) is 25.3. The number of para-hydroxylation sites is 4. The molecule has 0 unspecified atom stereocenters. The van der Waals surface area contributed by atoms with Crippen LogP contribution in [0.3, 0.4) is 0 Å². The quantitative estimate of drug-likeness (QED) is 0.160. The zero-order valence-corrected chi connectivity index (χ0v) is 54.3. The van der Waals surface area contributed by atoms with Crippen molar-refractivity contribution in [3.63, 3.8) is 0 Å². The molecule has 0 N–H and O–H groups in total. The molecule has 0 saturated heterocycles. The van der Waals surface area contributed by atoms with Gasteiger partial charge in [-0.15, -0.1) is 22.7 Å². The molecule has 98 heavy (non-hydrogen) atoms. The summed E-state index contributed by atoms with van der Waals surface area (Å²) in [5.41, 5.74) is 18.0. The smallest absolute Gasteiger partial charge is 0.235 e. The number of nitrogens with zero attached hydrogens (tertiary/aromatic N) is 6. The highest BCUT2D eigenvalue weighted by Gasteiger charge is 2.21. The predicted molar refractivity (Wildman–Crippen MR) is 416 cm³/mol. The second-order valence-corrected chi connectivity index (χ2v) is 27.4. The number of rotatable bonds is 7. The summed E-state index contributed by atoms with van der Waals surface area (Å²) in [5, 5.41) is 17.1. The van der Waals surface area contributed by atoms with Gasteiger partial charge in [0, 0.05) is 84.4 Å². The summed E-state index contributed by atoms with van der Waals surface area (Å²) in [5.74, 6) is 1.35. The number of aromatic nitrogens is 6. The maximum absolute atomic E-state index is 5.27. The third kappa shape index (κ3) is 9.21. The molecule has 0 atom stereocenters. The number of benzene rings is 15. The topological polar surface area (TPSA) is 61.4 Å². The van der Waals surface area contributed by atoms with E-state index in [1.165, 1.54) is 128 Å². The molecule has 0 spiro atoms. The van der Waals surface area contributed by atoms with Crippen molar-refractivity contribution < 1.29 is 0 Å². The van der Waals surface area contributed by atoms with E-state index in [0.29, 0.717) is 11.9 Å². The van der Waals surface area contributed by atoms with Crippen LogP contribution < -0.4 is 0 Å². The van der Waals surface area contributed by atoms with Gasteiger partial charge in [-0.05, 0) is 151 Å². The van der Waals surface area contributed by atoms with Crippen molar-refractivity contribution in [3.05, 3.63) is 328 Å². The summed E-state index contributed by atoms with van der Waals surface area (Å²) in [6.45, 7) is 0. The summed E-state index contributed by atoms with van der Waals surface area (Å²) >= 11 is 3.72. The van der Waals surface area contributed by atoms with Crippen LogP contribution in [-0.2, 0) is 0 Å². The molecule has 8 heteroatoms. The Balaban J connectivity index is 0.000000134. The molecule has 0 aliphatic heterocycles. The van der Waals surface area contributed by atoms with Crippen molar-refractivity contribution >= 4 is 150 Å². The van der Waals surface area contributed by atoms with E-state index in [1.54, 1.807) is 0 Å². The van der Waals surface area contributed by atoms with Gasteiger partial charge in [-0.25, -0.2) is 19.9 Å². The molecular formula is C90H54N6S2. The Morgan fingerprint density at radius 3 is 1.15 bits per heavy atom. The standard InChI is InChI=1S/C48H29N3S.C42H25N3S/c1-2-10-33(11-3-1)47-37-13-4-7-15-41(37)49-48(50-47)51-42-16-8-5-14-38(42)46-39-28-34(23-22-32(39)24-26-43(46)51)30-18-20-31(21-19-30)35-25-27-45-40(29-35)36-12-6-9-17-44(36)52-45;1-4-10-36-31(7-1)25-43-42(44-36)45-37-11-5-2-9-33(37)41-34-23-29(18-17-28(34)19-21-38(41)45)26-13-15-27(16-14-26)30-20-22-40-35(24-30)32-8-3-6-12-39(32)46-40/h1-29H;1-25H. The molecule has 15 aromatic carbocycles. The molecule has 0 amide bonds. The lowest BCUT2D eigenvalue weighted by atomic mass is 9.96. The molecule has 0 saturated carbocycles. The fraction of sp³-hybridized carbons (Fsp3) is 0. The van der Waals surface area contributed by atoms with Crippen molar-refractivity contribution in [2.45, 2.75) is 0 Å². The van der Waals surface area contributed by atoms with Crippen LogP contribution in [0.2, 0.25) is 0 Å². The molecule has 456 valence electrons. The van der Waals surface area contributed by atoms with E-state index in [9.17, 15) is 0 Å². The first kappa shape index (κ1) is 55.9. The second kappa shape index (κ2) is 22.6. The van der Waals surface area contributed by atoms with Crippen LogP contribution in [0.4, 0.5) is 0 Å². The summed E-state index contributed by atoms with van der Waals surface area (Å²) < 4.78 is 9.76. The van der Waals surface area contributed by atoms with Gasteiger partial charge in [-0.1, -0.05) is 237 Å². The van der Waals surface area contributed by atoms with Gasteiger partial charge < -0.3 is 0 Å². The molecule has 0 bridgehead atoms. The van der Waals surface area contributed by atoms with Gasteiger partial charge in [0.1, 0.15) is 0 Å². The minimum absolute atomic E-state index is 0.670. The van der Waals surface area contributed by atoms with Crippen LogP contribution in [0.25, 0.3) is 195 Å². The Morgan fingerprint density at radius 1 is 0.224 bits per heavy atom. The molecule has 0 radical (unpaired) electrons. The average molecular weight is 1280 g/mol. The molecule has 6 nitrogen and oxygen atoms in total. The third-order valence-corrected chi connectivity index (χ3v) is 22.0. The highest BCUT2D eigenvalue weighted by molar-refractivity contribution is 7.26. The van der Waals surface area contributed by atoms with Crippen LogP contribution in [0, 0.1) is 0 Å². The molecule has 6 aromatic heterocycles. The average Bonchev–Trinajstić information content (AvgIpc) is 1.56. The number of fused-ring (bicyclic) bond motifs is 18. The predicted octanol–water partition coefficient (Wildman–Crippen LogP) is 24.8. The highest BCUT2D eigenvalue weighted by Crippen LogP contribution is 2.43. The lowest BCUT2D eigenvalue weighted by Crippen LogP contribution is -2.03. The minimum Gasteiger partial charge on any atom is -0.278 e. The van der Waals surface area contributed by atoms with E-state index in [2.05, 4.69) is 300 Å². The van der Waals surface area contributed by atoms with Gasteiger partial charge >= 0.3 is 0 Å². The zero-order chi connectivity index (χ0) is 64.4. The van der Waals surface area contributed by atoms with Crippen molar-refractivity contribution in [2.75, 3.05) is 0 Å². The van der Waals surface area contributed by atoms with Crippen LogP contribution in [-0.4, -0.2) is 29.1 Å². The highest BCUT2D eigenvalue weighted by atomic mass is 32.1. The number of thiophene rings is 2. The summed E-state index contributed by atoms with van der Waals surface area (Å²) in [6.07, 6.45) is 1.92. The first-order chi connectivity index (χ1) is 48.5. The Labute approximate surface area is 570 Å². The first-order valence-electron chi connectivity index (χ1n) is 33.1. The van der Waals surface area contributed by atoms with Crippen LogP contribution in [0.5, 0.6) is 0 Å². The summed E-state index contributed by atoms with van der Waals surface area (Å²) in [4.78, 5) is 20.2. The molecule has 6 heterocycles. The zero-order valence-electron chi connectivity index (χ0n) is 52.7. The minimum atomic E-state index is 0.670. The van der Waals surface area contributed by atoms with Gasteiger partial charge in [0.25, 0.3) is 0 Å². The summed E-state index contributed by atoms with van der Waals surface area (Å²) in [6, 6.07) is 116. The van der Waals surface area contributed by atoms with Gasteiger partial charge in [0.15, 0.2) is 0 Å². The van der Waals surface area contributed by atoms with E-state index < -0.39 is 0 Å². The van der Waals surface area contributed by atoms with Crippen molar-refractivity contribution in [1.29, 1.82) is 0 Å². The Morgan fingerprint density at radius 2 is 0.612 bits per heavy atom. The fourth-order valence-corrected chi connectivity index (χ4v) is 17.1. The maximum atomic E-state index is 5.27. The van der Waals surface area contributed by atoms with Crippen molar-refractivity contribution in [3.8, 4) is 67.7 Å². The van der Waals surface area contributed by atoms with E-state index in [0.717, 1.165) is 55.1 Å². The van der Waals surface area contributed by atoms with E-state index in [1.807, 2.05) is 59.2 Å². The maximum Gasteiger partial charge on any atom is 0.235 e. The van der Waals surface area contributed by atoms with Gasteiger partial charge in [0.05, 0.1) is 38.8 Å². The Kier molecular flexibility index (Phi) is 12.9. The Bertz CT molecular complexity index is 6800. The van der Waals surface area contributed by atoms with Gasteiger partial charge in [-0.3, -0.25) is 9.13 Å². The summed E-state index contributed by atoms with van der Waals surface area (Å²) in [7, 11) is 0. The van der Waals surface area contributed by atoms with E-state index >= 15 is 0 Å². The van der Waals surface area contributed by atoms with Crippen molar-refractivity contribution in [2.24, 2.45) is 0 Å². The lowest BCUT2D eigenvalue weighted by Gasteiger charge is -2.12. The van der Waals surface area contributed by atoms with E-state index in [4.69, 9.17) is 19.9 Å². The molecule has 0 aliphatic rings. The Hall–Kier alpha value is -12.5. The molecule has 21 rings (SSSR count). The van der Waals surface area contributed by atoms with E-state index in [-0.39, 0.29) is 0 Å². The van der Waals surface area contributed by atoms with Gasteiger partial charge in [-0.2, -0.15) is 0 Å². The molecular weight excluding hydrogens is 1230 g/mol.